The van der Waals surface area contributed by atoms with Crippen molar-refractivity contribution in [3.8, 4) is 11.5 Å². The second kappa shape index (κ2) is 6.34. The summed E-state index contributed by atoms with van der Waals surface area (Å²) in [6, 6.07) is 8.63. The molecular weight excluding hydrogens is 246 g/mol. The van der Waals surface area contributed by atoms with E-state index in [1.807, 2.05) is 0 Å². The number of nitrogens with zero attached hydrogens (tertiary/aromatic N) is 2. The molecule has 0 amide bonds. The molecule has 2 rings (SSSR count). The van der Waals surface area contributed by atoms with Gasteiger partial charge in [0.2, 0.25) is 5.95 Å². The smallest absolute Gasteiger partial charge is 0.330 e. The number of ether oxygens (including phenoxy) is 2. The SMILES string of the molecule is COc1ccccc1OC(=O)CNc1ncccn1. The van der Waals surface area contributed by atoms with E-state index in [0.717, 1.165) is 0 Å². The molecule has 19 heavy (non-hydrogen) atoms. The van der Waals surface area contributed by atoms with Crippen LogP contribution in [0.25, 0.3) is 0 Å². The van der Waals surface area contributed by atoms with Crippen LogP contribution in [0.2, 0.25) is 0 Å². The molecule has 98 valence electrons. The molecule has 0 spiro atoms. The lowest BCUT2D eigenvalue weighted by molar-refractivity contribution is -0.132. The second-order valence-corrected chi connectivity index (χ2v) is 3.55. The van der Waals surface area contributed by atoms with Gasteiger partial charge in [-0.25, -0.2) is 14.8 Å². The normalized spacial score (nSPS) is 9.74. The van der Waals surface area contributed by atoms with Crippen molar-refractivity contribution >= 4 is 11.9 Å². The van der Waals surface area contributed by atoms with Crippen molar-refractivity contribution in [1.29, 1.82) is 0 Å². The molecule has 2 aromatic rings. The van der Waals surface area contributed by atoms with Gasteiger partial charge < -0.3 is 14.8 Å². The van der Waals surface area contributed by atoms with Crippen LogP contribution in [0.5, 0.6) is 11.5 Å². The Labute approximate surface area is 110 Å². The van der Waals surface area contributed by atoms with Crippen LogP contribution in [0, 0.1) is 0 Å². The number of nitrogens with one attached hydrogen (secondary N) is 1. The zero-order valence-electron chi connectivity index (χ0n) is 10.4. The first-order valence-corrected chi connectivity index (χ1v) is 5.64. The van der Waals surface area contributed by atoms with E-state index in [0.29, 0.717) is 17.4 Å². The van der Waals surface area contributed by atoms with E-state index in [1.165, 1.54) is 7.11 Å². The minimum absolute atomic E-state index is 0.0257. The highest BCUT2D eigenvalue weighted by atomic mass is 16.6. The summed E-state index contributed by atoms with van der Waals surface area (Å²) in [5, 5.41) is 2.76. The molecule has 0 saturated carbocycles. The lowest BCUT2D eigenvalue weighted by Gasteiger charge is -2.09. The molecule has 6 heteroatoms. The van der Waals surface area contributed by atoms with Crippen molar-refractivity contribution in [2.24, 2.45) is 0 Å². The highest BCUT2D eigenvalue weighted by molar-refractivity contribution is 5.77. The molecule has 1 aromatic heterocycles. The van der Waals surface area contributed by atoms with E-state index in [9.17, 15) is 4.79 Å². The number of benzene rings is 1. The third-order valence-corrected chi connectivity index (χ3v) is 2.25. The van der Waals surface area contributed by atoms with Gasteiger partial charge in [-0.1, -0.05) is 12.1 Å². The standard InChI is InChI=1S/C13H13N3O3/c1-18-10-5-2-3-6-11(10)19-12(17)9-16-13-14-7-4-8-15-13/h2-8H,9H2,1H3,(H,14,15,16). The van der Waals surface area contributed by atoms with Crippen LogP contribution >= 0.6 is 0 Å². The van der Waals surface area contributed by atoms with Gasteiger partial charge in [0.05, 0.1) is 7.11 Å². The summed E-state index contributed by atoms with van der Waals surface area (Å²) in [4.78, 5) is 19.5. The quantitative estimate of drug-likeness (QED) is 0.648. The Morgan fingerprint density at radius 3 is 2.53 bits per heavy atom. The molecule has 1 N–H and O–H groups in total. The van der Waals surface area contributed by atoms with Crippen molar-refractivity contribution in [2.45, 2.75) is 0 Å². The Hall–Kier alpha value is -2.63. The number of methoxy groups -OCH3 is 1. The van der Waals surface area contributed by atoms with Crippen LogP contribution in [-0.2, 0) is 4.79 Å². The lowest BCUT2D eigenvalue weighted by atomic mass is 10.3. The molecule has 0 saturated heterocycles. The molecule has 0 radical (unpaired) electrons. The highest BCUT2D eigenvalue weighted by Gasteiger charge is 2.09. The Kier molecular flexibility index (Phi) is 4.28. The van der Waals surface area contributed by atoms with Crippen LogP contribution in [0.4, 0.5) is 5.95 Å². The van der Waals surface area contributed by atoms with Crippen molar-refractivity contribution in [3.05, 3.63) is 42.7 Å². The summed E-state index contributed by atoms with van der Waals surface area (Å²) < 4.78 is 10.3. The zero-order valence-corrected chi connectivity index (χ0v) is 10.4. The lowest BCUT2D eigenvalue weighted by Crippen LogP contribution is -2.20. The molecule has 1 heterocycles. The molecule has 0 aliphatic heterocycles. The van der Waals surface area contributed by atoms with Crippen LogP contribution in [0.15, 0.2) is 42.7 Å². The fraction of sp³-hybridized carbons (Fsp3) is 0.154. The maximum atomic E-state index is 11.7. The Morgan fingerprint density at radius 1 is 1.16 bits per heavy atom. The van der Waals surface area contributed by atoms with Crippen molar-refractivity contribution < 1.29 is 14.3 Å². The first kappa shape index (κ1) is 12.8. The van der Waals surface area contributed by atoms with Crippen LogP contribution < -0.4 is 14.8 Å². The summed E-state index contributed by atoms with van der Waals surface area (Å²) in [5.74, 6) is 0.814. The Morgan fingerprint density at radius 2 is 1.84 bits per heavy atom. The number of carbonyl (C=O) groups excluding carboxylic acids is 1. The van der Waals surface area contributed by atoms with E-state index in [2.05, 4.69) is 15.3 Å². The number of carbonyl (C=O) groups is 1. The van der Waals surface area contributed by atoms with Crippen LogP contribution in [-0.4, -0.2) is 29.6 Å². The number of aromatic nitrogens is 2. The molecule has 6 nitrogen and oxygen atoms in total. The molecule has 0 bridgehead atoms. The number of para-hydroxylation sites is 2. The maximum absolute atomic E-state index is 11.7. The third kappa shape index (κ3) is 3.67. The summed E-state index contributed by atoms with van der Waals surface area (Å²) in [5.41, 5.74) is 0. The van der Waals surface area contributed by atoms with E-state index < -0.39 is 5.97 Å². The summed E-state index contributed by atoms with van der Waals surface area (Å²) in [6.07, 6.45) is 3.17. The van der Waals surface area contributed by atoms with Gasteiger partial charge >= 0.3 is 5.97 Å². The van der Waals surface area contributed by atoms with Gasteiger partial charge in [0.25, 0.3) is 0 Å². The summed E-state index contributed by atoms with van der Waals surface area (Å²) in [6.45, 7) is -0.0257. The minimum atomic E-state index is -0.447. The highest BCUT2D eigenvalue weighted by Crippen LogP contribution is 2.25. The first-order chi connectivity index (χ1) is 9.29. The van der Waals surface area contributed by atoms with E-state index in [4.69, 9.17) is 9.47 Å². The molecule has 0 unspecified atom stereocenters. The average Bonchev–Trinajstić information content (AvgIpc) is 2.47. The summed E-state index contributed by atoms with van der Waals surface area (Å²) in [7, 11) is 1.52. The van der Waals surface area contributed by atoms with Gasteiger partial charge in [-0.15, -0.1) is 0 Å². The predicted octanol–water partition coefficient (Wildman–Crippen LogP) is 1.50. The number of esters is 1. The van der Waals surface area contributed by atoms with Gasteiger partial charge in [-0.05, 0) is 18.2 Å². The number of anilines is 1. The van der Waals surface area contributed by atoms with Crippen molar-refractivity contribution in [2.75, 3.05) is 19.0 Å². The van der Waals surface area contributed by atoms with E-state index >= 15 is 0 Å². The molecule has 0 atom stereocenters. The number of rotatable bonds is 5. The average molecular weight is 259 g/mol. The Balaban J connectivity index is 1.91. The second-order valence-electron chi connectivity index (χ2n) is 3.55. The zero-order chi connectivity index (χ0) is 13.5. The monoisotopic (exact) mass is 259 g/mol. The summed E-state index contributed by atoms with van der Waals surface area (Å²) >= 11 is 0. The van der Waals surface area contributed by atoms with Crippen LogP contribution in [0.1, 0.15) is 0 Å². The van der Waals surface area contributed by atoms with E-state index in [1.54, 1.807) is 42.7 Å². The van der Waals surface area contributed by atoms with Crippen molar-refractivity contribution in [1.82, 2.24) is 9.97 Å². The molecule has 0 aliphatic rings. The maximum Gasteiger partial charge on any atom is 0.330 e. The minimum Gasteiger partial charge on any atom is -0.493 e. The van der Waals surface area contributed by atoms with Gasteiger partial charge in [-0.3, -0.25) is 0 Å². The number of hydrogen-bond donors (Lipinski definition) is 1. The molecule has 0 aliphatic carbocycles. The van der Waals surface area contributed by atoms with Gasteiger partial charge in [0, 0.05) is 12.4 Å². The topological polar surface area (TPSA) is 73.3 Å². The van der Waals surface area contributed by atoms with E-state index in [-0.39, 0.29) is 6.54 Å². The first-order valence-electron chi connectivity index (χ1n) is 5.64. The molecule has 0 fully saturated rings. The largest absolute Gasteiger partial charge is 0.493 e. The third-order valence-electron chi connectivity index (χ3n) is 2.25. The van der Waals surface area contributed by atoms with Gasteiger partial charge in [0.1, 0.15) is 6.54 Å². The Bertz CT molecular complexity index is 546. The molecule has 1 aromatic carbocycles. The fourth-order valence-electron chi connectivity index (χ4n) is 1.40. The fourth-order valence-corrected chi connectivity index (χ4v) is 1.40. The van der Waals surface area contributed by atoms with Gasteiger partial charge in [0.15, 0.2) is 11.5 Å². The number of hydrogen-bond acceptors (Lipinski definition) is 6. The van der Waals surface area contributed by atoms with Crippen molar-refractivity contribution in [3.63, 3.8) is 0 Å². The molecular formula is C13H13N3O3. The predicted molar refractivity (Wildman–Crippen MR) is 69.2 cm³/mol. The van der Waals surface area contributed by atoms with Crippen LogP contribution in [0.3, 0.4) is 0 Å². The van der Waals surface area contributed by atoms with Gasteiger partial charge in [-0.2, -0.15) is 0 Å².